The summed E-state index contributed by atoms with van der Waals surface area (Å²) in [5, 5.41) is 0.577. The fourth-order valence-electron chi connectivity index (χ4n) is 2.63. The highest BCUT2D eigenvalue weighted by atomic mass is 19.1. The number of benzene rings is 1. The Labute approximate surface area is 117 Å². The fraction of sp³-hybridized carbons (Fsp3) is 0.400. The molecular weight excluding hydrogens is 257 g/mol. The van der Waals surface area contributed by atoms with Gasteiger partial charge in [-0.05, 0) is 23.8 Å². The molecule has 1 aliphatic heterocycles. The second-order valence-electron chi connectivity index (χ2n) is 5.07. The topological polar surface area (TPSA) is 51.4 Å². The van der Waals surface area contributed by atoms with Gasteiger partial charge in [0, 0.05) is 37.8 Å². The summed E-state index contributed by atoms with van der Waals surface area (Å²) in [5.41, 5.74) is 7.44. The van der Waals surface area contributed by atoms with Gasteiger partial charge in [-0.3, -0.25) is 9.88 Å². The summed E-state index contributed by atoms with van der Waals surface area (Å²) in [6, 6.07) is 6.86. The molecule has 0 saturated carbocycles. The number of nitrogens with two attached hydrogens (primary N) is 1. The summed E-state index contributed by atoms with van der Waals surface area (Å²) in [6.45, 7) is 3.63. The second kappa shape index (κ2) is 5.83. The second-order valence-corrected chi connectivity index (χ2v) is 5.07. The third-order valence-corrected chi connectivity index (χ3v) is 3.68. The lowest BCUT2D eigenvalue weighted by Crippen LogP contribution is -2.45. The van der Waals surface area contributed by atoms with Crippen molar-refractivity contribution in [3.05, 3.63) is 41.8 Å². The molecule has 0 bridgehead atoms. The Kier molecular flexibility index (Phi) is 3.91. The Morgan fingerprint density at radius 1 is 1.40 bits per heavy atom. The summed E-state index contributed by atoms with van der Waals surface area (Å²) >= 11 is 0. The van der Waals surface area contributed by atoms with Crippen LogP contribution in [0.2, 0.25) is 0 Å². The number of fused-ring (bicyclic) bond motifs is 1. The highest BCUT2D eigenvalue weighted by Crippen LogP contribution is 2.21. The molecule has 2 N–H and O–H groups in total. The van der Waals surface area contributed by atoms with E-state index in [2.05, 4.69) is 9.88 Å². The molecule has 1 unspecified atom stereocenters. The molecule has 20 heavy (non-hydrogen) atoms. The summed E-state index contributed by atoms with van der Waals surface area (Å²) in [6.07, 6.45) is 1.79. The predicted molar refractivity (Wildman–Crippen MR) is 75.8 cm³/mol. The van der Waals surface area contributed by atoms with Crippen molar-refractivity contribution >= 4 is 10.9 Å². The van der Waals surface area contributed by atoms with Gasteiger partial charge in [-0.25, -0.2) is 4.39 Å². The van der Waals surface area contributed by atoms with Crippen LogP contribution in [0.15, 0.2) is 30.5 Å². The van der Waals surface area contributed by atoms with Crippen LogP contribution in [-0.4, -0.2) is 42.2 Å². The number of hydrogen-bond donors (Lipinski definition) is 1. The lowest BCUT2D eigenvalue weighted by molar-refractivity contribution is -0.0259. The van der Waals surface area contributed by atoms with E-state index in [9.17, 15) is 4.39 Å². The molecule has 0 spiro atoms. The predicted octanol–water partition coefficient (Wildman–Crippen LogP) is 1.53. The van der Waals surface area contributed by atoms with Crippen molar-refractivity contribution in [3.8, 4) is 0 Å². The maximum Gasteiger partial charge on any atom is 0.132 e. The number of aromatic nitrogens is 1. The molecule has 0 aliphatic carbocycles. The van der Waals surface area contributed by atoms with Gasteiger partial charge in [0.2, 0.25) is 0 Å². The minimum Gasteiger partial charge on any atom is -0.374 e. The van der Waals surface area contributed by atoms with Gasteiger partial charge < -0.3 is 10.5 Å². The highest BCUT2D eigenvalue weighted by molar-refractivity contribution is 5.82. The van der Waals surface area contributed by atoms with Gasteiger partial charge >= 0.3 is 0 Å². The van der Waals surface area contributed by atoms with Crippen LogP contribution in [0.5, 0.6) is 0 Å². The van der Waals surface area contributed by atoms with Crippen LogP contribution >= 0.6 is 0 Å². The first-order chi connectivity index (χ1) is 9.78. The Balaban J connectivity index is 1.86. The molecule has 1 fully saturated rings. The molecule has 3 rings (SSSR count). The first-order valence-corrected chi connectivity index (χ1v) is 6.84. The molecule has 1 aromatic heterocycles. The maximum absolute atomic E-state index is 13.8. The van der Waals surface area contributed by atoms with E-state index in [1.165, 1.54) is 6.07 Å². The molecule has 2 aromatic rings. The van der Waals surface area contributed by atoms with E-state index in [-0.39, 0.29) is 11.9 Å². The molecule has 4 nitrogen and oxygen atoms in total. The quantitative estimate of drug-likeness (QED) is 0.923. The van der Waals surface area contributed by atoms with Crippen molar-refractivity contribution in [2.45, 2.75) is 12.6 Å². The minimum atomic E-state index is -0.223. The summed E-state index contributed by atoms with van der Waals surface area (Å²) < 4.78 is 19.3. The van der Waals surface area contributed by atoms with Gasteiger partial charge in [-0.2, -0.15) is 0 Å². The van der Waals surface area contributed by atoms with Crippen LogP contribution in [0.4, 0.5) is 4.39 Å². The molecule has 1 aliphatic rings. The van der Waals surface area contributed by atoms with E-state index in [4.69, 9.17) is 10.5 Å². The number of morpholine rings is 1. The van der Waals surface area contributed by atoms with E-state index >= 15 is 0 Å². The van der Waals surface area contributed by atoms with Crippen molar-refractivity contribution < 1.29 is 9.13 Å². The number of rotatable bonds is 3. The first-order valence-electron chi connectivity index (χ1n) is 6.84. The molecule has 1 saturated heterocycles. The van der Waals surface area contributed by atoms with Gasteiger partial charge in [0.15, 0.2) is 0 Å². The Morgan fingerprint density at radius 2 is 2.30 bits per heavy atom. The zero-order valence-corrected chi connectivity index (χ0v) is 11.3. The van der Waals surface area contributed by atoms with E-state index in [1.807, 2.05) is 6.07 Å². The van der Waals surface area contributed by atoms with Gasteiger partial charge in [0.25, 0.3) is 0 Å². The molecule has 0 radical (unpaired) electrons. The molecule has 0 amide bonds. The van der Waals surface area contributed by atoms with Crippen molar-refractivity contribution in [2.24, 2.45) is 5.73 Å². The Morgan fingerprint density at radius 3 is 3.15 bits per heavy atom. The molecule has 1 aromatic carbocycles. The van der Waals surface area contributed by atoms with Crippen molar-refractivity contribution in [3.63, 3.8) is 0 Å². The molecule has 1 atom stereocenters. The zero-order valence-electron chi connectivity index (χ0n) is 11.3. The lowest BCUT2D eigenvalue weighted by Gasteiger charge is -2.32. The average molecular weight is 275 g/mol. The largest absolute Gasteiger partial charge is 0.374 e. The Hall–Kier alpha value is -1.56. The number of nitrogens with zero attached hydrogens (tertiary/aromatic N) is 2. The summed E-state index contributed by atoms with van der Waals surface area (Å²) in [7, 11) is 0. The number of ether oxygens (including phenoxy) is 1. The monoisotopic (exact) mass is 275 g/mol. The fourth-order valence-corrected chi connectivity index (χ4v) is 2.63. The van der Waals surface area contributed by atoms with Crippen LogP contribution in [0, 0.1) is 5.82 Å². The SMILES string of the molecule is NCC1CN(Cc2ccc(F)c3cccnc23)CCO1. The molecular formula is C15H18FN3O. The average Bonchev–Trinajstić information content (AvgIpc) is 2.51. The summed E-state index contributed by atoms with van der Waals surface area (Å²) in [4.78, 5) is 6.60. The van der Waals surface area contributed by atoms with E-state index < -0.39 is 0 Å². The third-order valence-electron chi connectivity index (χ3n) is 3.68. The van der Waals surface area contributed by atoms with Crippen LogP contribution < -0.4 is 5.73 Å². The van der Waals surface area contributed by atoms with Crippen LogP contribution in [0.1, 0.15) is 5.56 Å². The minimum absolute atomic E-state index is 0.0865. The van der Waals surface area contributed by atoms with Crippen molar-refractivity contribution in [1.29, 1.82) is 0 Å². The standard InChI is InChI=1S/C15H18FN3O/c16-14-4-3-11(15-13(14)2-1-5-18-15)9-19-6-7-20-12(8-17)10-19/h1-5,12H,6-10,17H2. The van der Waals surface area contributed by atoms with E-state index in [0.29, 0.717) is 18.5 Å². The Bertz CT molecular complexity index is 605. The van der Waals surface area contributed by atoms with Gasteiger partial charge in [-0.15, -0.1) is 0 Å². The molecule has 2 heterocycles. The zero-order chi connectivity index (χ0) is 13.9. The highest BCUT2D eigenvalue weighted by Gasteiger charge is 2.20. The normalized spacial score (nSPS) is 20.4. The van der Waals surface area contributed by atoms with Gasteiger partial charge in [0.05, 0.1) is 18.2 Å². The number of hydrogen-bond acceptors (Lipinski definition) is 4. The number of halogens is 1. The van der Waals surface area contributed by atoms with E-state index in [1.54, 1.807) is 18.3 Å². The van der Waals surface area contributed by atoms with Crippen molar-refractivity contribution in [1.82, 2.24) is 9.88 Å². The maximum atomic E-state index is 13.8. The van der Waals surface area contributed by atoms with Crippen LogP contribution in [0.25, 0.3) is 10.9 Å². The summed E-state index contributed by atoms with van der Waals surface area (Å²) in [5.74, 6) is -0.223. The van der Waals surface area contributed by atoms with Crippen LogP contribution in [0.3, 0.4) is 0 Å². The van der Waals surface area contributed by atoms with Crippen molar-refractivity contribution in [2.75, 3.05) is 26.2 Å². The first kappa shape index (κ1) is 13.4. The number of pyridine rings is 1. The smallest absolute Gasteiger partial charge is 0.132 e. The van der Waals surface area contributed by atoms with Gasteiger partial charge in [-0.1, -0.05) is 6.07 Å². The van der Waals surface area contributed by atoms with Crippen LogP contribution in [-0.2, 0) is 11.3 Å². The van der Waals surface area contributed by atoms with E-state index in [0.717, 1.165) is 30.7 Å². The van der Waals surface area contributed by atoms with Gasteiger partial charge in [0.1, 0.15) is 5.82 Å². The molecule has 106 valence electrons. The third kappa shape index (κ3) is 2.65. The molecule has 5 heteroatoms. The lowest BCUT2D eigenvalue weighted by atomic mass is 10.1.